The minimum absolute atomic E-state index is 0.267. The van der Waals surface area contributed by atoms with E-state index in [1.165, 1.54) is 12.1 Å². The largest absolute Gasteiger partial charge is 0.398 e. The molecule has 0 heterocycles. The van der Waals surface area contributed by atoms with Gasteiger partial charge in [0.15, 0.2) is 0 Å². The Bertz CT molecular complexity index is 734. The third kappa shape index (κ3) is 3.38. The molecule has 0 saturated heterocycles. The highest BCUT2D eigenvalue weighted by atomic mass is 79.9. The van der Waals surface area contributed by atoms with Gasteiger partial charge in [-0.2, -0.15) is 0 Å². The van der Waals surface area contributed by atoms with E-state index in [9.17, 15) is 14.0 Å². The molecule has 7 heteroatoms. The Hall–Kier alpha value is -2.41. The lowest BCUT2D eigenvalue weighted by molar-refractivity contribution is 0.0992. The second-order valence-corrected chi connectivity index (χ2v) is 5.10. The first-order valence-corrected chi connectivity index (χ1v) is 6.63. The summed E-state index contributed by atoms with van der Waals surface area (Å²) in [6, 6.07) is 8.28. The zero-order valence-corrected chi connectivity index (χ0v) is 12.3. The van der Waals surface area contributed by atoms with Crippen molar-refractivity contribution in [2.75, 3.05) is 11.1 Å². The fraction of sp³-hybridized carbons (Fsp3) is 0. The Kier molecular flexibility index (Phi) is 4.23. The van der Waals surface area contributed by atoms with Gasteiger partial charge in [-0.1, -0.05) is 0 Å². The highest BCUT2D eigenvalue weighted by molar-refractivity contribution is 9.10. The summed E-state index contributed by atoms with van der Waals surface area (Å²) >= 11 is 3.22. The molecule has 2 aromatic carbocycles. The van der Waals surface area contributed by atoms with Crippen LogP contribution in [0.3, 0.4) is 0 Å². The van der Waals surface area contributed by atoms with Crippen LogP contribution in [0.15, 0.2) is 40.9 Å². The molecule has 0 aliphatic heterocycles. The van der Waals surface area contributed by atoms with Crippen LogP contribution in [0, 0.1) is 5.82 Å². The molecule has 0 radical (unpaired) electrons. The van der Waals surface area contributed by atoms with E-state index < -0.39 is 17.6 Å². The van der Waals surface area contributed by atoms with Gasteiger partial charge in [0.25, 0.3) is 11.8 Å². The number of anilines is 2. The fourth-order valence-electron chi connectivity index (χ4n) is 1.66. The number of primary amides is 1. The predicted octanol–water partition coefficient (Wildman–Crippen LogP) is 2.52. The van der Waals surface area contributed by atoms with Crippen LogP contribution in [-0.4, -0.2) is 11.8 Å². The lowest BCUT2D eigenvalue weighted by atomic mass is 10.1. The standard InChI is InChI=1S/C14H11BrFN3O2/c15-10-5-7(1-4-12(10)17)14(21)19-8-2-3-11(16)9(6-8)13(18)20/h1-6H,17H2,(H2,18,20)(H,19,21). The zero-order valence-electron chi connectivity index (χ0n) is 10.7. The van der Waals surface area contributed by atoms with Crippen molar-refractivity contribution in [3.05, 3.63) is 57.8 Å². The third-order valence-electron chi connectivity index (χ3n) is 2.75. The number of carbonyl (C=O) groups is 2. The monoisotopic (exact) mass is 351 g/mol. The van der Waals surface area contributed by atoms with E-state index in [0.717, 1.165) is 6.07 Å². The van der Waals surface area contributed by atoms with Gasteiger partial charge in [-0.05, 0) is 52.3 Å². The Balaban J connectivity index is 2.25. The zero-order chi connectivity index (χ0) is 15.6. The van der Waals surface area contributed by atoms with Crippen molar-refractivity contribution in [1.82, 2.24) is 0 Å². The number of rotatable bonds is 3. The van der Waals surface area contributed by atoms with Gasteiger partial charge < -0.3 is 16.8 Å². The minimum Gasteiger partial charge on any atom is -0.398 e. The number of nitrogens with one attached hydrogen (secondary N) is 1. The molecule has 2 amide bonds. The summed E-state index contributed by atoms with van der Waals surface area (Å²) in [7, 11) is 0. The summed E-state index contributed by atoms with van der Waals surface area (Å²) in [6.45, 7) is 0. The number of nitrogen functional groups attached to an aromatic ring is 1. The number of benzene rings is 2. The first kappa shape index (κ1) is 15.0. The van der Waals surface area contributed by atoms with E-state index in [1.54, 1.807) is 18.2 Å². The molecule has 2 aromatic rings. The minimum atomic E-state index is -0.904. The average Bonchev–Trinajstić information content (AvgIpc) is 2.43. The van der Waals surface area contributed by atoms with Crippen LogP contribution in [-0.2, 0) is 0 Å². The van der Waals surface area contributed by atoms with Crippen LogP contribution in [0.2, 0.25) is 0 Å². The molecule has 0 atom stereocenters. The highest BCUT2D eigenvalue weighted by Gasteiger charge is 2.12. The molecular formula is C14H11BrFN3O2. The van der Waals surface area contributed by atoms with Crippen molar-refractivity contribution in [3.63, 3.8) is 0 Å². The Morgan fingerprint density at radius 3 is 2.48 bits per heavy atom. The quantitative estimate of drug-likeness (QED) is 0.741. The van der Waals surface area contributed by atoms with E-state index in [-0.39, 0.29) is 11.3 Å². The Morgan fingerprint density at radius 2 is 1.86 bits per heavy atom. The number of halogens is 2. The number of nitrogens with two attached hydrogens (primary N) is 2. The van der Waals surface area contributed by atoms with E-state index in [1.807, 2.05) is 0 Å². The lowest BCUT2D eigenvalue weighted by Crippen LogP contribution is -2.16. The number of carbonyl (C=O) groups excluding carboxylic acids is 2. The van der Waals surface area contributed by atoms with Crippen LogP contribution in [0.5, 0.6) is 0 Å². The molecule has 0 aliphatic carbocycles. The van der Waals surface area contributed by atoms with Gasteiger partial charge in [0.1, 0.15) is 5.82 Å². The molecule has 0 fully saturated rings. The molecule has 0 saturated carbocycles. The number of hydrogen-bond acceptors (Lipinski definition) is 3. The van der Waals surface area contributed by atoms with Crippen molar-refractivity contribution in [2.45, 2.75) is 0 Å². The van der Waals surface area contributed by atoms with Gasteiger partial charge in [-0.25, -0.2) is 4.39 Å². The van der Waals surface area contributed by atoms with Crippen molar-refractivity contribution in [3.8, 4) is 0 Å². The van der Waals surface area contributed by atoms with Crippen LogP contribution in [0.4, 0.5) is 15.8 Å². The second kappa shape index (κ2) is 5.92. The maximum absolute atomic E-state index is 13.3. The number of hydrogen-bond donors (Lipinski definition) is 3. The van der Waals surface area contributed by atoms with Gasteiger partial charge in [0.05, 0.1) is 5.56 Å². The molecular weight excluding hydrogens is 341 g/mol. The summed E-state index contributed by atoms with van der Waals surface area (Å²) in [5.41, 5.74) is 11.5. The molecule has 0 aliphatic rings. The third-order valence-corrected chi connectivity index (χ3v) is 3.44. The van der Waals surface area contributed by atoms with Crippen LogP contribution in [0.1, 0.15) is 20.7 Å². The average molecular weight is 352 g/mol. The molecule has 0 bridgehead atoms. The highest BCUT2D eigenvalue weighted by Crippen LogP contribution is 2.21. The van der Waals surface area contributed by atoms with Gasteiger partial charge in [-0.3, -0.25) is 9.59 Å². The van der Waals surface area contributed by atoms with Crippen molar-refractivity contribution in [1.29, 1.82) is 0 Å². The van der Waals surface area contributed by atoms with Gasteiger partial charge in [0, 0.05) is 21.4 Å². The van der Waals surface area contributed by atoms with Crippen LogP contribution in [0.25, 0.3) is 0 Å². The van der Waals surface area contributed by atoms with Gasteiger partial charge in [0.2, 0.25) is 0 Å². The normalized spacial score (nSPS) is 10.2. The van der Waals surface area contributed by atoms with E-state index >= 15 is 0 Å². The van der Waals surface area contributed by atoms with E-state index in [0.29, 0.717) is 15.7 Å². The second-order valence-electron chi connectivity index (χ2n) is 4.25. The van der Waals surface area contributed by atoms with E-state index in [2.05, 4.69) is 21.2 Å². The Morgan fingerprint density at radius 1 is 1.14 bits per heavy atom. The maximum Gasteiger partial charge on any atom is 0.255 e. The van der Waals surface area contributed by atoms with E-state index in [4.69, 9.17) is 11.5 Å². The maximum atomic E-state index is 13.3. The number of amides is 2. The van der Waals surface area contributed by atoms with Crippen molar-refractivity contribution < 1.29 is 14.0 Å². The smallest absolute Gasteiger partial charge is 0.255 e. The summed E-state index contributed by atoms with van der Waals surface area (Å²) in [6.07, 6.45) is 0. The first-order chi connectivity index (χ1) is 9.88. The summed E-state index contributed by atoms with van der Waals surface area (Å²) in [5.74, 6) is -2.06. The molecule has 5 nitrogen and oxygen atoms in total. The summed E-state index contributed by atoms with van der Waals surface area (Å²) < 4.78 is 13.9. The molecule has 2 rings (SSSR count). The van der Waals surface area contributed by atoms with Gasteiger partial charge in [-0.15, -0.1) is 0 Å². The topological polar surface area (TPSA) is 98.2 Å². The molecule has 0 spiro atoms. The SMILES string of the molecule is NC(=O)c1cc(NC(=O)c2ccc(N)c(Br)c2)ccc1F. The molecule has 108 valence electrons. The summed E-state index contributed by atoms with van der Waals surface area (Å²) in [4.78, 5) is 23.1. The van der Waals surface area contributed by atoms with Crippen molar-refractivity contribution in [2.24, 2.45) is 5.73 Å². The Labute approximate surface area is 128 Å². The first-order valence-electron chi connectivity index (χ1n) is 5.84. The predicted molar refractivity (Wildman–Crippen MR) is 81.4 cm³/mol. The van der Waals surface area contributed by atoms with Crippen molar-refractivity contribution >= 4 is 39.1 Å². The molecule has 5 N–H and O–H groups in total. The van der Waals surface area contributed by atoms with Crippen LogP contribution < -0.4 is 16.8 Å². The molecule has 0 aromatic heterocycles. The van der Waals surface area contributed by atoms with Gasteiger partial charge >= 0.3 is 0 Å². The lowest BCUT2D eigenvalue weighted by Gasteiger charge is -2.08. The van der Waals surface area contributed by atoms with Crippen LogP contribution >= 0.6 is 15.9 Å². The molecule has 21 heavy (non-hydrogen) atoms. The summed E-state index contributed by atoms with van der Waals surface area (Å²) in [5, 5.41) is 2.55. The molecule has 0 unspecified atom stereocenters. The fourth-order valence-corrected chi connectivity index (χ4v) is 2.04.